The molecule has 0 atom stereocenters. The number of anilines is 1. The van der Waals surface area contributed by atoms with E-state index in [9.17, 15) is 8.42 Å². The second-order valence-corrected chi connectivity index (χ2v) is 8.53. The maximum absolute atomic E-state index is 12.5. The van der Waals surface area contributed by atoms with E-state index in [1.54, 1.807) is 29.7 Å². The molecule has 1 fully saturated rings. The Bertz CT molecular complexity index is 765. The van der Waals surface area contributed by atoms with Crippen molar-refractivity contribution in [1.29, 1.82) is 0 Å². The van der Waals surface area contributed by atoms with Gasteiger partial charge in [-0.2, -0.15) is 0 Å². The summed E-state index contributed by atoms with van der Waals surface area (Å²) in [6, 6.07) is 5.25. The van der Waals surface area contributed by atoms with Crippen LogP contribution in [0.25, 0.3) is 0 Å². The van der Waals surface area contributed by atoms with Crippen molar-refractivity contribution in [1.82, 2.24) is 9.71 Å². The Labute approximate surface area is 141 Å². The summed E-state index contributed by atoms with van der Waals surface area (Å²) < 4.78 is 27.9. The lowest BCUT2D eigenvalue weighted by atomic mass is 10.1. The number of nitrogens with one attached hydrogen (secondary N) is 1. The van der Waals surface area contributed by atoms with Crippen LogP contribution in [0, 0.1) is 13.8 Å². The number of hydrogen-bond donors (Lipinski definition) is 1. The van der Waals surface area contributed by atoms with Crippen LogP contribution >= 0.6 is 11.3 Å². The number of nitrogens with zero attached hydrogens (tertiary/aromatic N) is 2. The molecular formula is C16H21N3O2S2. The molecule has 0 radical (unpaired) electrons. The van der Waals surface area contributed by atoms with Gasteiger partial charge in [0.25, 0.3) is 0 Å². The van der Waals surface area contributed by atoms with Crippen LogP contribution in [0.5, 0.6) is 0 Å². The van der Waals surface area contributed by atoms with Crippen LogP contribution in [0.4, 0.5) is 5.13 Å². The molecule has 124 valence electrons. The molecule has 5 nitrogen and oxygen atoms in total. The Morgan fingerprint density at radius 1 is 1.22 bits per heavy atom. The van der Waals surface area contributed by atoms with E-state index in [2.05, 4.69) is 14.6 Å². The maximum atomic E-state index is 12.5. The first-order chi connectivity index (χ1) is 11.0. The monoisotopic (exact) mass is 351 g/mol. The van der Waals surface area contributed by atoms with E-state index in [1.807, 2.05) is 25.3 Å². The van der Waals surface area contributed by atoms with Crippen LogP contribution in [0.15, 0.2) is 34.7 Å². The van der Waals surface area contributed by atoms with Crippen LogP contribution in [0.2, 0.25) is 0 Å². The van der Waals surface area contributed by atoms with Crippen molar-refractivity contribution in [3.63, 3.8) is 0 Å². The summed E-state index contributed by atoms with van der Waals surface area (Å²) in [5.74, 6) is 0. The number of thiazole rings is 1. The molecule has 0 aliphatic carbocycles. The molecule has 1 saturated heterocycles. The van der Waals surface area contributed by atoms with Crippen LogP contribution in [0.1, 0.15) is 24.0 Å². The summed E-state index contributed by atoms with van der Waals surface area (Å²) >= 11 is 1.62. The van der Waals surface area contributed by atoms with Crippen molar-refractivity contribution in [2.24, 2.45) is 0 Å². The molecule has 0 amide bonds. The van der Waals surface area contributed by atoms with Crippen molar-refractivity contribution in [3.05, 3.63) is 40.9 Å². The molecule has 2 aromatic rings. The highest BCUT2D eigenvalue weighted by atomic mass is 32.2. The Balaban J connectivity index is 1.64. The molecule has 1 aromatic carbocycles. The maximum Gasteiger partial charge on any atom is 0.240 e. The number of piperidine rings is 1. The molecule has 1 N–H and O–H groups in total. The van der Waals surface area contributed by atoms with E-state index in [-0.39, 0.29) is 6.04 Å². The summed E-state index contributed by atoms with van der Waals surface area (Å²) in [5.41, 5.74) is 2.09. The van der Waals surface area contributed by atoms with Gasteiger partial charge in [-0.05, 0) is 49.9 Å². The highest BCUT2D eigenvalue weighted by molar-refractivity contribution is 7.89. The van der Waals surface area contributed by atoms with Gasteiger partial charge in [0.1, 0.15) is 0 Å². The third-order valence-corrected chi connectivity index (χ3v) is 6.65. The fourth-order valence-corrected chi connectivity index (χ4v) is 4.82. The summed E-state index contributed by atoms with van der Waals surface area (Å²) in [7, 11) is -3.45. The minimum atomic E-state index is -3.45. The van der Waals surface area contributed by atoms with Gasteiger partial charge in [-0.1, -0.05) is 6.07 Å². The molecule has 1 aliphatic rings. The fraction of sp³-hybridized carbons (Fsp3) is 0.438. The Morgan fingerprint density at radius 3 is 2.57 bits per heavy atom. The van der Waals surface area contributed by atoms with Gasteiger partial charge in [0.05, 0.1) is 4.90 Å². The van der Waals surface area contributed by atoms with Gasteiger partial charge in [-0.15, -0.1) is 11.3 Å². The van der Waals surface area contributed by atoms with E-state index < -0.39 is 10.0 Å². The smallest absolute Gasteiger partial charge is 0.240 e. The number of rotatable bonds is 4. The lowest BCUT2D eigenvalue weighted by molar-refractivity contribution is 0.460. The lowest BCUT2D eigenvalue weighted by Gasteiger charge is -2.32. The molecule has 1 aliphatic heterocycles. The first-order valence-electron chi connectivity index (χ1n) is 7.70. The predicted molar refractivity (Wildman–Crippen MR) is 93.6 cm³/mol. The van der Waals surface area contributed by atoms with Crippen molar-refractivity contribution >= 4 is 26.5 Å². The average molecular weight is 351 g/mol. The van der Waals surface area contributed by atoms with Crippen molar-refractivity contribution in [3.8, 4) is 0 Å². The molecule has 0 saturated carbocycles. The van der Waals surface area contributed by atoms with Gasteiger partial charge < -0.3 is 4.90 Å². The van der Waals surface area contributed by atoms with Gasteiger partial charge in [-0.3, -0.25) is 0 Å². The summed E-state index contributed by atoms with van der Waals surface area (Å²) in [6.07, 6.45) is 3.39. The van der Waals surface area contributed by atoms with Crippen LogP contribution < -0.4 is 9.62 Å². The molecule has 1 aromatic heterocycles. The van der Waals surface area contributed by atoms with Gasteiger partial charge in [0.2, 0.25) is 10.0 Å². The molecule has 0 spiro atoms. The van der Waals surface area contributed by atoms with Gasteiger partial charge in [-0.25, -0.2) is 18.1 Å². The minimum Gasteiger partial charge on any atom is -0.348 e. The average Bonchev–Trinajstić information content (AvgIpc) is 3.04. The van der Waals surface area contributed by atoms with Crippen LogP contribution in [0.3, 0.4) is 0 Å². The zero-order valence-electron chi connectivity index (χ0n) is 13.3. The highest BCUT2D eigenvalue weighted by Gasteiger charge is 2.25. The Kier molecular flexibility index (Phi) is 4.70. The molecule has 0 bridgehead atoms. The first-order valence-corrected chi connectivity index (χ1v) is 10.1. The number of benzene rings is 1. The zero-order valence-corrected chi connectivity index (χ0v) is 15.0. The van der Waals surface area contributed by atoms with E-state index >= 15 is 0 Å². The predicted octanol–water partition coefficient (Wildman–Crippen LogP) is 2.71. The Hall–Kier alpha value is -1.44. The SMILES string of the molecule is Cc1ccc(S(=O)(=O)NC2CCN(c3nccs3)CC2)cc1C. The first kappa shape index (κ1) is 16.4. The molecule has 3 rings (SSSR count). The second kappa shape index (κ2) is 6.59. The summed E-state index contributed by atoms with van der Waals surface area (Å²) in [5, 5.41) is 2.98. The molecule has 7 heteroatoms. The Morgan fingerprint density at radius 2 is 1.96 bits per heavy atom. The highest BCUT2D eigenvalue weighted by Crippen LogP contribution is 2.23. The van der Waals surface area contributed by atoms with Gasteiger partial charge >= 0.3 is 0 Å². The summed E-state index contributed by atoms with van der Waals surface area (Å²) in [6.45, 7) is 5.57. The third-order valence-electron chi connectivity index (χ3n) is 4.30. The zero-order chi connectivity index (χ0) is 16.4. The quantitative estimate of drug-likeness (QED) is 0.920. The van der Waals surface area contributed by atoms with Crippen molar-refractivity contribution < 1.29 is 8.42 Å². The lowest BCUT2D eigenvalue weighted by Crippen LogP contribution is -2.44. The minimum absolute atomic E-state index is 0.0159. The molecule has 23 heavy (non-hydrogen) atoms. The fourth-order valence-electron chi connectivity index (χ4n) is 2.73. The third kappa shape index (κ3) is 3.73. The molecular weight excluding hydrogens is 330 g/mol. The number of hydrogen-bond acceptors (Lipinski definition) is 5. The molecule has 0 unspecified atom stereocenters. The van der Waals surface area contributed by atoms with Crippen LogP contribution in [-0.2, 0) is 10.0 Å². The van der Waals surface area contributed by atoms with E-state index in [4.69, 9.17) is 0 Å². The second-order valence-electron chi connectivity index (χ2n) is 5.94. The van der Waals surface area contributed by atoms with Gasteiger partial charge in [0.15, 0.2) is 5.13 Å². The normalized spacial score (nSPS) is 16.7. The van der Waals surface area contributed by atoms with Crippen molar-refractivity contribution in [2.45, 2.75) is 37.6 Å². The van der Waals surface area contributed by atoms with Crippen molar-refractivity contribution in [2.75, 3.05) is 18.0 Å². The van der Waals surface area contributed by atoms with E-state index in [0.29, 0.717) is 4.90 Å². The largest absolute Gasteiger partial charge is 0.348 e. The molecule has 2 heterocycles. The summed E-state index contributed by atoms with van der Waals surface area (Å²) in [4.78, 5) is 6.87. The van der Waals surface area contributed by atoms with E-state index in [1.165, 1.54) is 0 Å². The van der Waals surface area contributed by atoms with E-state index in [0.717, 1.165) is 42.2 Å². The van der Waals surface area contributed by atoms with Crippen LogP contribution in [-0.4, -0.2) is 32.5 Å². The standard InChI is InChI=1S/C16H21N3O2S2/c1-12-3-4-15(11-13(12)2)23(20,21)18-14-5-8-19(9-6-14)16-17-7-10-22-16/h3-4,7,10-11,14,18H,5-6,8-9H2,1-2H3. The van der Waals surface area contributed by atoms with Gasteiger partial charge in [0, 0.05) is 30.7 Å². The topological polar surface area (TPSA) is 62.3 Å². The number of sulfonamides is 1. The number of aromatic nitrogens is 1. The number of aryl methyl sites for hydroxylation is 2.